The summed E-state index contributed by atoms with van der Waals surface area (Å²) in [7, 11) is 0. The van der Waals surface area contributed by atoms with Crippen molar-refractivity contribution in [1.29, 1.82) is 0 Å². The Balaban J connectivity index is 1.54. The van der Waals surface area contributed by atoms with Gasteiger partial charge in [0.2, 0.25) is 5.91 Å². The topological polar surface area (TPSA) is 72.7 Å². The van der Waals surface area contributed by atoms with Crippen LogP contribution in [0.4, 0.5) is 5.69 Å². The number of carbonyl (C=O) groups excluding carboxylic acids is 1. The van der Waals surface area contributed by atoms with Gasteiger partial charge >= 0.3 is 0 Å². The van der Waals surface area contributed by atoms with Crippen molar-refractivity contribution in [3.8, 4) is 11.5 Å². The summed E-state index contributed by atoms with van der Waals surface area (Å²) in [5, 5.41) is 12.9. The van der Waals surface area contributed by atoms with E-state index >= 15 is 0 Å². The number of rotatable bonds is 7. The van der Waals surface area contributed by atoms with Gasteiger partial charge in [0.1, 0.15) is 5.69 Å². The van der Waals surface area contributed by atoms with Gasteiger partial charge in [-0.1, -0.05) is 65.8 Å². The lowest BCUT2D eigenvalue weighted by Crippen LogP contribution is -2.15. The molecule has 0 spiro atoms. The molecule has 6 nitrogen and oxygen atoms in total. The molecule has 2 heterocycles. The molecule has 1 amide bonds. The molecule has 0 saturated heterocycles. The normalized spacial score (nSPS) is 10.8. The molecule has 4 aromatic rings. The summed E-state index contributed by atoms with van der Waals surface area (Å²) < 4.78 is 1.99. The van der Waals surface area contributed by atoms with Gasteiger partial charge < -0.3 is 5.32 Å². The molecule has 0 unspecified atom stereocenters. The maximum atomic E-state index is 12.6. The molecule has 0 aliphatic carbocycles. The Morgan fingerprint density at radius 3 is 2.61 bits per heavy atom. The van der Waals surface area contributed by atoms with Crippen LogP contribution in [0.15, 0.2) is 78.1 Å². The molecule has 31 heavy (non-hydrogen) atoms. The van der Waals surface area contributed by atoms with Crippen LogP contribution in [-0.4, -0.2) is 31.4 Å². The number of pyridine rings is 1. The molecule has 4 rings (SSSR count). The van der Waals surface area contributed by atoms with E-state index in [0.29, 0.717) is 28.2 Å². The lowest BCUT2D eigenvalue weighted by Gasteiger charge is -2.11. The first-order valence-electron chi connectivity index (χ1n) is 9.68. The smallest absolute Gasteiger partial charge is 0.234 e. The van der Waals surface area contributed by atoms with E-state index in [-0.39, 0.29) is 11.7 Å². The number of hydrogen-bond donors (Lipinski definition) is 1. The number of carbonyl (C=O) groups is 1. The van der Waals surface area contributed by atoms with Crippen molar-refractivity contribution < 1.29 is 4.79 Å². The molecule has 0 saturated carbocycles. The second-order valence-electron chi connectivity index (χ2n) is 6.84. The van der Waals surface area contributed by atoms with Gasteiger partial charge in [-0.2, -0.15) is 0 Å². The SMILES string of the molecule is Cc1c(Cl)cccc1NC(=O)CSc1nnc(-c2ccccn2)n1Cc1ccccc1. The predicted octanol–water partition coefficient (Wildman–Crippen LogP) is 5.08. The maximum Gasteiger partial charge on any atom is 0.234 e. The van der Waals surface area contributed by atoms with E-state index in [4.69, 9.17) is 11.6 Å². The number of halogens is 1. The van der Waals surface area contributed by atoms with Crippen molar-refractivity contribution in [2.75, 3.05) is 11.1 Å². The van der Waals surface area contributed by atoms with Crippen molar-refractivity contribution in [2.24, 2.45) is 0 Å². The van der Waals surface area contributed by atoms with Crippen molar-refractivity contribution in [3.63, 3.8) is 0 Å². The van der Waals surface area contributed by atoms with Crippen LogP contribution in [-0.2, 0) is 11.3 Å². The first-order valence-corrected chi connectivity index (χ1v) is 11.0. The average molecular weight is 450 g/mol. The molecule has 0 radical (unpaired) electrons. The van der Waals surface area contributed by atoms with Crippen LogP contribution in [0.3, 0.4) is 0 Å². The third-order valence-electron chi connectivity index (χ3n) is 4.67. The van der Waals surface area contributed by atoms with E-state index in [1.165, 1.54) is 11.8 Å². The lowest BCUT2D eigenvalue weighted by molar-refractivity contribution is -0.113. The maximum absolute atomic E-state index is 12.6. The standard InChI is InChI=1S/C23H20ClN5OS/c1-16-18(24)10-7-12-19(16)26-21(30)15-31-23-28-27-22(20-11-5-6-13-25-20)29(23)14-17-8-3-2-4-9-17/h2-13H,14-15H2,1H3,(H,26,30). The van der Waals surface area contributed by atoms with E-state index < -0.39 is 0 Å². The number of amides is 1. The quantitative estimate of drug-likeness (QED) is 0.398. The summed E-state index contributed by atoms with van der Waals surface area (Å²) in [4.78, 5) is 17.0. The van der Waals surface area contributed by atoms with Crippen molar-refractivity contribution in [1.82, 2.24) is 19.7 Å². The molecule has 2 aromatic carbocycles. The molecule has 1 N–H and O–H groups in total. The Bertz CT molecular complexity index is 1180. The van der Waals surface area contributed by atoms with Gasteiger partial charge in [-0.15, -0.1) is 10.2 Å². The van der Waals surface area contributed by atoms with Crippen molar-refractivity contribution in [3.05, 3.63) is 89.1 Å². The second-order valence-corrected chi connectivity index (χ2v) is 8.19. The number of hydrogen-bond acceptors (Lipinski definition) is 5. The van der Waals surface area contributed by atoms with Gasteiger partial charge in [-0.3, -0.25) is 14.3 Å². The molecule has 0 aliphatic heterocycles. The summed E-state index contributed by atoms with van der Waals surface area (Å²) in [6.45, 7) is 2.46. The first-order chi connectivity index (χ1) is 15.1. The van der Waals surface area contributed by atoms with E-state index in [9.17, 15) is 4.79 Å². The van der Waals surface area contributed by atoms with Gasteiger partial charge in [0.15, 0.2) is 11.0 Å². The molecule has 0 fully saturated rings. The number of aromatic nitrogens is 4. The highest BCUT2D eigenvalue weighted by Gasteiger charge is 2.17. The van der Waals surface area contributed by atoms with Crippen LogP contribution < -0.4 is 5.32 Å². The van der Waals surface area contributed by atoms with Gasteiger partial charge in [0.05, 0.1) is 12.3 Å². The third kappa shape index (κ3) is 5.13. The van der Waals surface area contributed by atoms with E-state index in [1.54, 1.807) is 12.3 Å². The number of nitrogens with one attached hydrogen (secondary N) is 1. The summed E-state index contributed by atoms with van der Waals surface area (Å²) >= 11 is 7.48. The van der Waals surface area contributed by atoms with Crippen molar-refractivity contribution >= 4 is 35.0 Å². The second kappa shape index (κ2) is 9.76. The number of benzene rings is 2. The average Bonchev–Trinajstić information content (AvgIpc) is 3.19. The van der Waals surface area contributed by atoms with Crippen LogP contribution >= 0.6 is 23.4 Å². The number of anilines is 1. The summed E-state index contributed by atoms with van der Waals surface area (Å²) in [6, 6.07) is 21.2. The lowest BCUT2D eigenvalue weighted by atomic mass is 10.2. The van der Waals surface area contributed by atoms with Gasteiger partial charge in [0, 0.05) is 16.9 Å². The van der Waals surface area contributed by atoms with E-state index in [0.717, 1.165) is 16.8 Å². The van der Waals surface area contributed by atoms with E-state index in [1.807, 2.05) is 72.2 Å². The Morgan fingerprint density at radius 2 is 1.84 bits per heavy atom. The highest BCUT2D eigenvalue weighted by molar-refractivity contribution is 7.99. The first kappa shape index (κ1) is 21.1. The molecular weight excluding hydrogens is 430 g/mol. The fourth-order valence-electron chi connectivity index (χ4n) is 3.05. The number of nitrogens with zero attached hydrogens (tertiary/aromatic N) is 4. The Hall–Kier alpha value is -3.16. The van der Waals surface area contributed by atoms with Crippen LogP contribution in [0.2, 0.25) is 5.02 Å². The van der Waals surface area contributed by atoms with Gasteiger partial charge in [0.25, 0.3) is 0 Å². The molecule has 0 aliphatic rings. The molecular formula is C23H20ClN5OS. The predicted molar refractivity (Wildman–Crippen MR) is 124 cm³/mol. The van der Waals surface area contributed by atoms with Gasteiger partial charge in [-0.05, 0) is 42.3 Å². The van der Waals surface area contributed by atoms with Crippen LogP contribution in [0.5, 0.6) is 0 Å². The Morgan fingerprint density at radius 1 is 1.03 bits per heavy atom. The minimum atomic E-state index is -0.135. The molecule has 2 aromatic heterocycles. The zero-order valence-electron chi connectivity index (χ0n) is 16.8. The molecule has 8 heteroatoms. The third-order valence-corrected chi connectivity index (χ3v) is 6.04. The van der Waals surface area contributed by atoms with E-state index in [2.05, 4.69) is 20.5 Å². The molecule has 0 bridgehead atoms. The summed E-state index contributed by atoms with van der Waals surface area (Å²) in [5.41, 5.74) is 3.39. The number of thioether (sulfide) groups is 1. The minimum absolute atomic E-state index is 0.135. The van der Waals surface area contributed by atoms with Crippen LogP contribution in [0, 0.1) is 6.92 Å². The largest absolute Gasteiger partial charge is 0.325 e. The minimum Gasteiger partial charge on any atom is -0.325 e. The Kier molecular flexibility index (Phi) is 6.64. The summed E-state index contributed by atoms with van der Waals surface area (Å²) in [6.07, 6.45) is 1.73. The highest BCUT2D eigenvalue weighted by atomic mass is 35.5. The van der Waals surface area contributed by atoms with Crippen molar-refractivity contribution in [2.45, 2.75) is 18.6 Å². The molecule has 156 valence electrons. The van der Waals surface area contributed by atoms with Gasteiger partial charge in [-0.25, -0.2) is 0 Å². The Labute approximate surface area is 189 Å². The molecule has 0 atom stereocenters. The van der Waals surface area contributed by atoms with Crippen LogP contribution in [0.1, 0.15) is 11.1 Å². The monoisotopic (exact) mass is 449 g/mol. The highest BCUT2D eigenvalue weighted by Crippen LogP contribution is 2.26. The fourth-order valence-corrected chi connectivity index (χ4v) is 3.96. The fraction of sp³-hybridized carbons (Fsp3) is 0.130. The zero-order valence-corrected chi connectivity index (χ0v) is 18.4. The van der Waals surface area contributed by atoms with Crippen LogP contribution in [0.25, 0.3) is 11.5 Å². The zero-order chi connectivity index (χ0) is 21.6. The summed E-state index contributed by atoms with van der Waals surface area (Å²) in [5.74, 6) is 0.725.